The Morgan fingerprint density at radius 3 is 2.87 bits per heavy atom. The fourth-order valence-electron chi connectivity index (χ4n) is 1.71. The highest BCUT2D eigenvalue weighted by atomic mass is 35.5. The first-order valence-electron chi connectivity index (χ1n) is 4.98. The Labute approximate surface area is 93.3 Å². The number of aliphatic hydroxyl groups is 1. The van der Waals surface area contributed by atoms with Crippen molar-refractivity contribution in [2.45, 2.75) is 19.6 Å². The van der Waals surface area contributed by atoms with Gasteiger partial charge in [-0.05, 0) is 18.6 Å². The molecule has 0 bridgehead atoms. The number of fused-ring (bicyclic) bond motifs is 1. The van der Waals surface area contributed by atoms with Crippen LogP contribution >= 0.6 is 11.6 Å². The molecule has 0 fully saturated rings. The van der Waals surface area contributed by atoms with E-state index < -0.39 is 0 Å². The molecule has 0 atom stereocenters. The Morgan fingerprint density at radius 1 is 1.33 bits per heavy atom. The van der Waals surface area contributed by atoms with Gasteiger partial charge in [-0.1, -0.05) is 12.1 Å². The van der Waals surface area contributed by atoms with Crippen LogP contribution in [0.2, 0.25) is 0 Å². The lowest BCUT2D eigenvalue weighted by Crippen LogP contribution is -2.04. The number of para-hydroxylation sites is 2. The van der Waals surface area contributed by atoms with E-state index in [0.29, 0.717) is 11.7 Å². The molecule has 1 aromatic heterocycles. The molecule has 0 aliphatic heterocycles. The number of rotatable bonds is 4. The first-order chi connectivity index (χ1) is 7.36. The highest BCUT2D eigenvalue weighted by Gasteiger charge is 2.08. The molecule has 2 aromatic rings. The second kappa shape index (κ2) is 4.64. The molecule has 3 nitrogen and oxygen atoms in total. The lowest BCUT2D eigenvalue weighted by molar-refractivity contribution is 0.266. The molecular weight excluding hydrogens is 212 g/mol. The smallest absolute Gasteiger partial charge is 0.135 e. The van der Waals surface area contributed by atoms with Crippen molar-refractivity contribution in [1.29, 1.82) is 0 Å². The van der Waals surface area contributed by atoms with Crippen molar-refractivity contribution in [3.63, 3.8) is 0 Å². The normalized spacial score (nSPS) is 11.1. The Bertz CT molecular complexity index is 453. The second-order valence-electron chi connectivity index (χ2n) is 3.37. The van der Waals surface area contributed by atoms with E-state index in [1.807, 2.05) is 28.8 Å². The van der Waals surface area contributed by atoms with E-state index in [1.54, 1.807) is 0 Å². The average Bonchev–Trinajstić information content (AvgIpc) is 2.64. The van der Waals surface area contributed by atoms with Crippen LogP contribution in [0.4, 0.5) is 0 Å². The summed E-state index contributed by atoms with van der Waals surface area (Å²) in [6, 6.07) is 7.88. The maximum absolute atomic E-state index is 9.20. The van der Waals surface area contributed by atoms with Gasteiger partial charge in [0.2, 0.25) is 0 Å². The van der Waals surface area contributed by atoms with Crippen LogP contribution in [0, 0.1) is 0 Å². The highest BCUT2D eigenvalue weighted by Crippen LogP contribution is 2.16. The molecule has 0 saturated carbocycles. The summed E-state index contributed by atoms with van der Waals surface area (Å²) in [6.07, 6.45) is 0.884. The monoisotopic (exact) mass is 224 g/mol. The molecule has 15 heavy (non-hydrogen) atoms. The summed E-state index contributed by atoms with van der Waals surface area (Å²) >= 11 is 5.67. The molecule has 0 aliphatic rings. The lowest BCUT2D eigenvalue weighted by Gasteiger charge is -2.05. The fourth-order valence-corrected chi connectivity index (χ4v) is 1.83. The molecule has 0 saturated heterocycles. The van der Waals surface area contributed by atoms with Gasteiger partial charge in [0.05, 0.1) is 11.0 Å². The molecule has 80 valence electrons. The van der Waals surface area contributed by atoms with Gasteiger partial charge in [-0.3, -0.25) is 0 Å². The Kier molecular flexibility index (Phi) is 3.23. The van der Waals surface area contributed by atoms with Gasteiger partial charge in [0.1, 0.15) is 12.4 Å². The zero-order chi connectivity index (χ0) is 10.7. The summed E-state index contributed by atoms with van der Waals surface area (Å²) in [5.74, 6) is 1.33. The number of halogens is 1. The van der Waals surface area contributed by atoms with Gasteiger partial charge < -0.3 is 9.67 Å². The summed E-state index contributed by atoms with van der Waals surface area (Å²) < 4.78 is 2.03. The number of hydrogen-bond acceptors (Lipinski definition) is 2. The molecule has 0 unspecified atom stereocenters. The van der Waals surface area contributed by atoms with Crippen molar-refractivity contribution >= 4 is 22.6 Å². The summed E-state index contributed by atoms with van der Waals surface area (Å²) in [7, 11) is 0. The summed E-state index contributed by atoms with van der Waals surface area (Å²) in [4.78, 5) is 4.35. The van der Waals surface area contributed by atoms with Crippen LogP contribution in [0.1, 0.15) is 12.2 Å². The van der Waals surface area contributed by atoms with Crippen molar-refractivity contribution < 1.29 is 5.11 Å². The van der Waals surface area contributed by atoms with E-state index in [1.165, 1.54) is 0 Å². The number of imidazole rings is 1. The number of aryl methyl sites for hydroxylation is 1. The number of nitrogens with zero attached hydrogens (tertiary/aromatic N) is 2. The second-order valence-corrected chi connectivity index (χ2v) is 3.75. The highest BCUT2D eigenvalue weighted by molar-refractivity contribution is 6.17. The first kappa shape index (κ1) is 10.5. The van der Waals surface area contributed by atoms with Crippen LogP contribution in [0.5, 0.6) is 0 Å². The van der Waals surface area contributed by atoms with Crippen LogP contribution < -0.4 is 0 Å². The van der Waals surface area contributed by atoms with Crippen molar-refractivity contribution in [2.24, 2.45) is 0 Å². The predicted octanol–water partition coefficient (Wildman–Crippen LogP) is 2.16. The maximum atomic E-state index is 9.20. The topological polar surface area (TPSA) is 38.1 Å². The average molecular weight is 225 g/mol. The van der Waals surface area contributed by atoms with Crippen LogP contribution in [0.3, 0.4) is 0 Å². The van der Waals surface area contributed by atoms with Crippen LogP contribution in [-0.4, -0.2) is 20.5 Å². The van der Waals surface area contributed by atoms with E-state index in [0.717, 1.165) is 24.0 Å². The molecule has 1 N–H and O–H groups in total. The zero-order valence-electron chi connectivity index (χ0n) is 8.36. The number of aromatic nitrogens is 2. The van der Waals surface area contributed by atoms with Gasteiger partial charge in [0.25, 0.3) is 0 Å². The Balaban J connectivity index is 2.47. The molecule has 2 rings (SSSR count). The third-order valence-corrected chi connectivity index (χ3v) is 2.66. The minimum Gasteiger partial charge on any atom is -0.388 e. The van der Waals surface area contributed by atoms with E-state index in [2.05, 4.69) is 4.98 Å². The SMILES string of the molecule is OCc1nc2ccccc2n1CCCCl. The largest absolute Gasteiger partial charge is 0.388 e. The summed E-state index contributed by atoms with van der Waals surface area (Å²) in [5.41, 5.74) is 1.99. The maximum Gasteiger partial charge on any atom is 0.135 e. The van der Waals surface area contributed by atoms with E-state index in [9.17, 15) is 5.11 Å². The Morgan fingerprint density at radius 2 is 2.13 bits per heavy atom. The van der Waals surface area contributed by atoms with Gasteiger partial charge in [-0.2, -0.15) is 0 Å². The Hall–Kier alpha value is -1.06. The molecule has 0 radical (unpaired) electrons. The standard InChI is InChI=1S/C11H13ClN2O/c12-6-3-7-14-10-5-2-1-4-9(10)13-11(14)8-15/h1-2,4-5,15H,3,6-8H2. The third-order valence-electron chi connectivity index (χ3n) is 2.39. The number of aliphatic hydroxyl groups excluding tert-OH is 1. The van der Waals surface area contributed by atoms with Gasteiger partial charge in [-0.25, -0.2) is 4.98 Å². The van der Waals surface area contributed by atoms with Crippen LogP contribution in [0.15, 0.2) is 24.3 Å². The van der Waals surface area contributed by atoms with Gasteiger partial charge >= 0.3 is 0 Å². The van der Waals surface area contributed by atoms with Crippen LogP contribution in [0.25, 0.3) is 11.0 Å². The molecule has 0 aliphatic carbocycles. The molecule has 1 aromatic carbocycles. The predicted molar refractivity (Wildman–Crippen MR) is 61.0 cm³/mol. The first-order valence-corrected chi connectivity index (χ1v) is 5.51. The summed E-state index contributed by atoms with van der Waals surface area (Å²) in [5, 5.41) is 9.20. The minimum atomic E-state index is -0.0308. The van der Waals surface area contributed by atoms with Gasteiger partial charge in [0, 0.05) is 12.4 Å². The van der Waals surface area contributed by atoms with Crippen LogP contribution in [-0.2, 0) is 13.2 Å². The van der Waals surface area contributed by atoms with E-state index >= 15 is 0 Å². The molecule has 0 spiro atoms. The minimum absolute atomic E-state index is 0.0308. The molecule has 4 heteroatoms. The van der Waals surface area contributed by atoms with Crippen molar-refractivity contribution in [3.05, 3.63) is 30.1 Å². The van der Waals surface area contributed by atoms with Gasteiger partial charge in [-0.15, -0.1) is 11.6 Å². The van der Waals surface area contributed by atoms with E-state index in [4.69, 9.17) is 11.6 Å². The van der Waals surface area contributed by atoms with Crippen molar-refractivity contribution in [2.75, 3.05) is 5.88 Å². The van der Waals surface area contributed by atoms with Crippen molar-refractivity contribution in [1.82, 2.24) is 9.55 Å². The number of alkyl halides is 1. The lowest BCUT2D eigenvalue weighted by atomic mass is 10.3. The van der Waals surface area contributed by atoms with Crippen molar-refractivity contribution in [3.8, 4) is 0 Å². The fraction of sp³-hybridized carbons (Fsp3) is 0.364. The number of benzene rings is 1. The zero-order valence-corrected chi connectivity index (χ0v) is 9.11. The molecule has 1 heterocycles. The number of hydrogen-bond donors (Lipinski definition) is 1. The van der Waals surface area contributed by atoms with E-state index in [-0.39, 0.29) is 6.61 Å². The van der Waals surface area contributed by atoms with Gasteiger partial charge in [0.15, 0.2) is 0 Å². The molecular formula is C11H13ClN2O. The summed E-state index contributed by atoms with van der Waals surface area (Å²) in [6.45, 7) is 0.775. The quantitative estimate of drug-likeness (QED) is 0.809. The third kappa shape index (κ3) is 1.98. The molecule has 0 amide bonds.